The van der Waals surface area contributed by atoms with Gasteiger partial charge in [-0.15, -0.1) is 0 Å². The van der Waals surface area contributed by atoms with Crippen LogP contribution in [0.25, 0.3) is 0 Å². The van der Waals surface area contributed by atoms with Crippen molar-refractivity contribution in [1.29, 1.82) is 0 Å². The number of thiocarbonyl (C=S) groups is 1. The molecule has 0 aliphatic rings. The molecule has 0 heterocycles. The molecule has 0 aromatic carbocycles. The van der Waals surface area contributed by atoms with E-state index in [1.54, 1.807) is 6.92 Å². The Bertz CT molecular complexity index is 260. The lowest BCUT2D eigenvalue weighted by Gasteiger charge is -2.16. The van der Waals surface area contributed by atoms with Gasteiger partial charge < -0.3 is 5.73 Å². The maximum absolute atomic E-state index is 11.1. The SMILES string of the molecule is CC(NS(=O)(=O)N(C)C)C(N)=S. The van der Waals surface area contributed by atoms with Crippen molar-refractivity contribution < 1.29 is 8.42 Å². The van der Waals surface area contributed by atoms with Crippen LogP contribution < -0.4 is 10.5 Å². The molecule has 0 spiro atoms. The molecule has 5 nitrogen and oxygen atoms in total. The van der Waals surface area contributed by atoms with Crippen molar-refractivity contribution in [3.05, 3.63) is 0 Å². The molecule has 7 heteroatoms. The second-order valence-electron chi connectivity index (χ2n) is 2.53. The molecule has 1 atom stereocenters. The van der Waals surface area contributed by atoms with Crippen molar-refractivity contribution in [2.45, 2.75) is 13.0 Å². The van der Waals surface area contributed by atoms with Gasteiger partial charge in [0.2, 0.25) is 0 Å². The van der Waals surface area contributed by atoms with Crippen LogP contribution in [0.15, 0.2) is 0 Å². The Balaban J connectivity index is 4.37. The van der Waals surface area contributed by atoms with Gasteiger partial charge in [-0.2, -0.15) is 17.4 Å². The molecule has 0 radical (unpaired) electrons. The summed E-state index contributed by atoms with van der Waals surface area (Å²) in [7, 11) is -0.576. The Morgan fingerprint density at radius 3 is 2.25 bits per heavy atom. The Kier molecular flexibility index (Phi) is 4.04. The van der Waals surface area contributed by atoms with Gasteiger partial charge in [-0.25, -0.2) is 0 Å². The lowest BCUT2D eigenvalue weighted by atomic mass is 10.4. The summed E-state index contributed by atoms with van der Waals surface area (Å²) in [5.74, 6) is 0. The minimum atomic E-state index is -3.43. The number of nitrogens with two attached hydrogens (primary N) is 1. The van der Waals surface area contributed by atoms with Crippen LogP contribution >= 0.6 is 12.2 Å². The van der Waals surface area contributed by atoms with Crippen molar-refractivity contribution in [2.75, 3.05) is 14.1 Å². The van der Waals surface area contributed by atoms with Gasteiger partial charge in [-0.05, 0) is 6.92 Å². The van der Waals surface area contributed by atoms with Crippen LogP contribution in [0.2, 0.25) is 0 Å². The standard InChI is InChI=1S/C5H13N3O2S2/c1-4(5(6)11)7-12(9,10)8(2)3/h4,7H,1-3H3,(H2,6,11). The fraction of sp³-hybridized carbons (Fsp3) is 0.800. The summed E-state index contributed by atoms with van der Waals surface area (Å²) in [6, 6.07) is -0.521. The Hall–Kier alpha value is -0.240. The first kappa shape index (κ1) is 11.8. The predicted molar refractivity (Wildman–Crippen MR) is 52.0 cm³/mol. The summed E-state index contributed by atoms with van der Waals surface area (Å²) in [6.45, 7) is 1.59. The second kappa shape index (κ2) is 4.13. The fourth-order valence-corrected chi connectivity index (χ4v) is 1.30. The van der Waals surface area contributed by atoms with E-state index in [4.69, 9.17) is 5.73 Å². The molecule has 3 N–H and O–H groups in total. The van der Waals surface area contributed by atoms with E-state index in [2.05, 4.69) is 16.9 Å². The molecule has 0 saturated carbocycles. The fourth-order valence-electron chi connectivity index (χ4n) is 0.387. The van der Waals surface area contributed by atoms with Crippen LogP contribution in [0.1, 0.15) is 6.92 Å². The first-order valence-corrected chi connectivity index (χ1v) is 5.11. The smallest absolute Gasteiger partial charge is 0.279 e. The molecular weight excluding hydrogens is 198 g/mol. The number of hydrogen-bond donors (Lipinski definition) is 2. The van der Waals surface area contributed by atoms with Crippen LogP contribution in [0.4, 0.5) is 0 Å². The summed E-state index contributed by atoms with van der Waals surface area (Å²) < 4.78 is 25.6. The zero-order valence-electron chi connectivity index (χ0n) is 7.23. The zero-order valence-corrected chi connectivity index (χ0v) is 8.87. The highest BCUT2D eigenvalue weighted by Gasteiger charge is 2.17. The van der Waals surface area contributed by atoms with E-state index in [1.165, 1.54) is 14.1 Å². The molecule has 1 unspecified atom stereocenters. The summed E-state index contributed by atoms with van der Waals surface area (Å²) in [6.07, 6.45) is 0. The van der Waals surface area contributed by atoms with Gasteiger partial charge in [-0.1, -0.05) is 12.2 Å². The van der Waals surface area contributed by atoms with E-state index in [9.17, 15) is 8.42 Å². The topological polar surface area (TPSA) is 75.4 Å². The van der Waals surface area contributed by atoms with E-state index in [1.807, 2.05) is 0 Å². The van der Waals surface area contributed by atoms with Gasteiger partial charge in [-0.3, -0.25) is 0 Å². The van der Waals surface area contributed by atoms with Crippen LogP contribution in [0, 0.1) is 0 Å². The van der Waals surface area contributed by atoms with Crippen LogP contribution in [0.3, 0.4) is 0 Å². The van der Waals surface area contributed by atoms with E-state index in [0.29, 0.717) is 0 Å². The average molecular weight is 211 g/mol. The Morgan fingerprint density at radius 1 is 1.58 bits per heavy atom. The molecular formula is C5H13N3O2S2. The van der Waals surface area contributed by atoms with E-state index in [-0.39, 0.29) is 4.99 Å². The molecule has 0 aliphatic carbocycles. The van der Waals surface area contributed by atoms with Gasteiger partial charge in [0.1, 0.15) is 0 Å². The van der Waals surface area contributed by atoms with E-state index < -0.39 is 16.3 Å². The van der Waals surface area contributed by atoms with Crippen LogP contribution in [0.5, 0.6) is 0 Å². The molecule has 0 bridgehead atoms. The van der Waals surface area contributed by atoms with E-state index >= 15 is 0 Å². The minimum Gasteiger partial charge on any atom is -0.392 e. The molecule has 0 amide bonds. The van der Waals surface area contributed by atoms with Crippen molar-refractivity contribution in [3.8, 4) is 0 Å². The highest BCUT2D eigenvalue weighted by molar-refractivity contribution is 7.87. The van der Waals surface area contributed by atoms with Gasteiger partial charge in [0.05, 0.1) is 11.0 Å². The number of rotatable bonds is 4. The summed E-state index contributed by atoms with van der Waals surface area (Å²) >= 11 is 4.61. The van der Waals surface area contributed by atoms with Crippen molar-refractivity contribution in [3.63, 3.8) is 0 Å². The molecule has 0 aliphatic heterocycles. The minimum absolute atomic E-state index is 0.125. The zero-order chi connectivity index (χ0) is 9.94. The lowest BCUT2D eigenvalue weighted by molar-refractivity contribution is 0.503. The predicted octanol–water partition coefficient (Wildman–Crippen LogP) is -0.943. The molecule has 0 fully saturated rings. The molecule has 0 aromatic heterocycles. The molecule has 0 rings (SSSR count). The van der Waals surface area contributed by atoms with Gasteiger partial charge in [0.25, 0.3) is 10.2 Å². The van der Waals surface area contributed by atoms with Crippen molar-refractivity contribution in [1.82, 2.24) is 9.03 Å². The van der Waals surface area contributed by atoms with Crippen molar-refractivity contribution >= 4 is 27.4 Å². The quantitative estimate of drug-likeness (QED) is 0.588. The molecule has 12 heavy (non-hydrogen) atoms. The maximum atomic E-state index is 11.1. The molecule has 0 saturated heterocycles. The summed E-state index contributed by atoms with van der Waals surface area (Å²) in [5.41, 5.74) is 5.23. The summed E-state index contributed by atoms with van der Waals surface area (Å²) in [4.78, 5) is 0.125. The van der Waals surface area contributed by atoms with Gasteiger partial charge in [0.15, 0.2) is 0 Å². The first-order chi connectivity index (χ1) is 5.27. The van der Waals surface area contributed by atoms with Crippen LogP contribution in [-0.2, 0) is 10.2 Å². The van der Waals surface area contributed by atoms with Crippen LogP contribution in [-0.4, -0.2) is 37.8 Å². The summed E-state index contributed by atoms with van der Waals surface area (Å²) in [5, 5.41) is 0. The van der Waals surface area contributed by atoms with Gasteiger partial charge in [0, 0.05) is 14.1 Å². The Labute approximate surface area is 78.1 Å². The number of nitrogens with zero attached hydrogens (tertiary/aromatic N) is 1. The molecule has 0 aromatic rings. The highest BCUT2D eigenvalue weighted by atomic mass is 32.2. The monoisotopic (exact) mass is 211 g/mol. The number of hydrogen-bond acceptors (Lipinski definition) is 3. The Morgan fingerprint density at radius 2 is 2.00 bits per heavy atom. The third-order valence-corrected chi connectivity index (χ3v) is 3.20. The lowest BCUT2D eigenvalue weighted by Crippen LogP contribution is -2.46. The largest absolute Gasteiger partial charge is 0.392 e. The van der Waals surface area contributed by atoms with Gasteiger partial charge >= 0.3 is 0 Å². The normalized spacial score (nSPS) is 14.7. The highest BCUT2D eigenvalue weighted by Crippen LogP contribution is 1.92. The third kappa shape index (κ3) is 3.44. The van der Waals surface area contributed by atoms with Crippen molar-refractivity contribution in [2.24, 2.45) is 5.73 Å². The third-order valence-electron chi connectivity index (χ3n) is 1.23. The van der Waals surface area contributed by atoms with E-state index in [0.717, 1.165) is 4.31 Å². The first-order valence-electron chi connectivity index (χ1n) is 3.26. The maximum Gasteiger partial charge on any atom is 0.279 e. The molecule has 72 valence electrons. The second-order valence-corrected chi connectivity index (χ2v) is 4.92. The number of nitrogens with one attached hydrogen (secondary N) is 1. The average Bonchev–Trinajstić information content (AvgIpc) is 1.85.